The Morgan fingerprint density at radius 1 is 1.15 bits per heavy atom. The number of hydrogen-bond donors (Lipinski definition) is 2. The van der Waals surface area contributed by atoms with Gasteiger partial charge >= 0.3 is 0 Å². The highest BCUT2D eigenvalue weighted by atomic mass is 16.5. The zero-order valence-corrected chi connectivity index (χ0v) is 12.2. The summed E-state index contributed by atoms with van der Waals surface area (Å²) in [6.07, 6.45) is 1.77. The number of carbonyl (C=O) groups excluding carboxylic acids is 2. The van der Waals surface area contributed by atoms with Crippen LogP contribution in [0.15, 0.2) is 24.3 Å². The molecule has 0 aliphatic carbocycles. The van der Waals surface area contributed by atoms with Gasteiger partial charge in [0.25, 0.3) is 5.91 Å². The molecule has 2 amide bonds. The molecule has 0 heterocycles. The predicted octanol–water partition coefficient (Wildman–Crippen LogP) is 1.73. The van der Waals surface area contributed by atoms with Gasteiger partial charge < -0.3 is 15.4 Å². The van der Waals surface area contributed by atoms with Gasteiger partial charge in [-0.05, 0) is 37.1 Å². The van der Waals surface area contributed by atoms with E-state index in [-0.39, 0.29) is 24.4 Å². The Hall–Kier alpha value is -2.04. The average molecular weight is 278 g/mol. The predicted molar refractivity (Wildman–Crippen MR) is 77.8 cm³/mol. The molecule has 1 aromatic carbocycles. The van der Waals surface area contributed by atoms with E-state index in [2.05, 4.69) is 10.6 Å². The summed E-state index contributed by atoms with van der Waals surface area (Å²) in [4.78, 5) is 23.5. The zero-order chi connectivity index (χ0) is 15.0. The molecule has 2 N–H and O–H groups in total. The Kier molecular flexibility index (Phi) is 6.56. The highest BCUT2D eigenvalue weighted by molar-refractivity contribution is 5.96. The first-order valence-electron chi connectivity index (χ1n) is 6.82. The fourth-order valence-electron chi connectivity index (χ4n) is 1.78. The highest BCUT2D eigenvalue weighted by Gasteiger charge is 2.10. The van der Waals surface area contributed by atoms with Crippen LogP contribution < -0.4 is 15.4 Å². The topological polar surface area (TPSA) is 67.4 Å². The SMILES string of the molecule is CCC(CC)NC(=O)CNC(=O)c1ccc(OC)cc1. The Morgan fingerprint density at radius 3 is 2.25 bits per heavy atom. The minimum Gasteiger partial charge on any atom is -0.497 e. The number of nitrogens with one attached hydrogen (secondary N) is 2. The first-order valence-corrected chi connectivity index (χ1v) is 6.82. The number of hydrogen-bond acceptors (Lipinski definition) is 3. The molecule has 0 atom stereocenters. The Labute approximate surface area is 119 Å². The minimum absolute atomic E-state index is 0.0125. The molecule has 20 heavy (non-hydrogen) atoms. The van der Waals surface area contributed by atoms with Crippen LogP contribution in [0.3, 0.4) is 0 Å². The van der Waals surface area contributed by atoms with Crippen molar-refractivity contribution < 1.29 is 14.3 Å². The number of methoxy groups -OCH3 is 1. The molecule has 0 aliphatic rings. The van der Waals surface area contributed by atoms with Gasteiger partial charge in [0.05, 0.1) is 13.7 Å². The summed E-state index contributed by atoms with van der Waals surface area (Å²) in [7, 11) is 1.57. The molecular weight excluding hydrogens is 256 g/mol. The molecule has 5 heteroatoms. The average Bonchev–Trinajstić information content (AvgIpc) is 2.50. The summed E-state index contributed by atoms with van der Waals surface area (Å²) >= 11 is 0. The summed E-state index contributed by atoms with van der Waals surface area (Å²) in [5.41, 5.74) is 0.501. The molecule has 5 nitrogen and oxygen atoms in total. The summed E-state index contributed by atoms with van der Waals surface area (Å²) in [5, 5.41) is 5.47. The first-order chi connectivity index (χ1) is 9.60. The molecule has 1 aromatic rings. The van der Waals surface area contributed by atoms with Crippen LogP contribution in [-0.2, 0) is 4.79 Å². The number of amides is 2. The lowest BCUT2D eigenvalue weighted by atomic mass is 10.2. The lowest BCUT2D eigenvalue weighted by Crippen LogP contribution is -2.41. The third kappa shape index (κ3) is 4.91. The van der Waals surface area contributed by atoms with E-state index in [1.807, 2.05) is 13.8 Å². The molecular formula is C15H22N2O3. The van der Waals surface area contributed by atoms with Crippen molar-refractivity contribution in [2.24, 2.45) is 0 Å². The normalized spacial score (nSPS) is 10.2. The van der Waals surface area contributed by atoms with Gasteiger partial charge in [-0.1, -0.05) is 13.8 Å². The van der Waals surface area contributed by atoms with E-state index < -0.39 is 0 Å². The van der Waals surface area contributed by atoms with Crippen LogP contribution in [-0.4, -0.2) is 31.5 Å². The van der Waals surface area contributed by atoms with E-state index in [9.17, 15) is 9.59 Å². The van der Waals surface area contributed by atoms with Gasteiger partial charge in [0.15, 0.2) is 0 Å². The lowest BCUT2D eigenvalue weighted by molar-refractivity contribution is -0.120. The fraction of sp³-hybridized carbons (Fsp3) is 0.467. The van der Waals surface area contributed by atoms with Crippen LogP contribution in [0.5, 0.6) is 5.75 Å². The summed E-state index contributed by atoms with van der Waals surface area (Å²) in [6.45, 7) is 4.02. The second-order valence-electron chi connectivity index (χ2n) is 4.49. The molecule has 0 aromatic heterocycles. The Bertz CT molecular complexity index is 439. The summed E-state index contributed by atoms with van der Waals surface area (Å²) < 4.78 is 5.02. The maximum Gasteiger partial charge on any atom is 0.251 e. The molecule has 0 bridgehead atoms. The molecule has 0 fully saturated rings. The summed E-state index contributed by atoms with van der Waals surface area (Å²) in [6, 6.07) is 6.90. The fourth-order valence-corrected chi connectivity index (χ4v) is 1.78. The number of benzene rings is 1. The van der Waals surface area contributed by atoms with Crippen molar-refractivity contribution in [3.05, 3.63) is 29.8 Å². The van der Waals surface area contributed by atoms with E-state index in [0.29, 0.717) is 11.3 Å². The van der Waals surface area contributed by atoms with Crippen molar-refractivity contribution >= 4 is 11.8 Å². The van der Waals surface area contributed by atoms with E-state index in [1.165, 1.54) is 0 Å². The van der Waals surface area contributed by atoms with Crippen molar-refractivity contribution in [1.29, 1.82) is 0 Å². The monoisotopic (exact) mass is 278 g/mol. The van der Waals surface area contributed by atoms with E-state index in [4.69, 9.17) is 4.74 Å². The van der Waals surface area contributed by atoms with Gasteiger partial charge in [0.2, 0.25) is 5.91 Å². The van der Waals surface area contributed by atoms with Crippen LogP contribution in [0.1, 0.15) is 37.0 Å². The highest BCUT2D eigenvalue weighted by Crippen LogP contribution is 2.10. The van der Waals surface area contributed by atoms with Crippen LogP contribution >= 0.6 is 0 Å². The molecule has 0 unspecified atom stereocenters. The Morgan fingerprint density at radius 2 is 1.75 bits per heavy atom. The van der Waals surface area contributed by atoms with Crippen LogP contribution in [0.4, 0.5) is 0 Å². The van der Waals surface area contributed by atoms with Gasteiger partial charge in [0.1, 0.15) is 5.75 Å². The van der Waals surface area contributed by atoms with E-state index >= 15 is 0 Å². The quantitative estimate of drug-likeness (QED) is 0.798. The van der Waals surface area contributed by atoms with Crippen molar-refractivity contribution in [3.63, 3.8) is 0 Å². The number of carbonyl (C=O) groups is 2. The third-order valence-corrected chi connectivity index (χ3v) is 3.11. The van der Waals surface area contributed by atoms with Crippen molar-refractivity contribution in [2.75, 3.05) is 13.7 Å². The maximum atomic E-state index is 11.8. The lowest BCUT2D eigenvalue weighted by Gasteiger charge is -2.14. The maximum absolute atomic E-state index is 11.8. The standard InChI is InChI=1S/C15H22N2O3/c1-4-12(5-2)17-14(18)10-16-15(19)11-6-8-13(20-3)9-7-11/h6-9,12H,4-5,10H2,1-3H3,(H,16,19)(H,17,18). The van der Waals surface area contributed by atoms with Crippen molar-refractivity contribution in [2.45, 2.75) is 32.7 Å². The zero-order valence-electron chi connectivity index (χ0n) is 12.2. The van der Waals surface area contributed by atoms with Crippen molar-refractivity contribution in [3.8, 4) is 5.75 Å². The molecule has 0 aliphatic heterocycles. The van der Waals surface area contributed by atoms with E-state index in [1.54, 1.807) is 31.4 Å². The third-order valence-electron chi connectivity index (χ3n) is 3.11. The van der Waals surface area contributed by atoms with Gasteiger partial charge in [-0.2, -0.15) is 0 Å². The van der Waals surface area contributed by atoms with Gasteiger partial charge in [0, 0.05) is 11.6 Å². The molecule has 0 saturated heterocycles. The largest absolute Gasteiger partial charge is 0.497 e. The van der Waals surface area contributed by atoms with Gasteiger partial charge in [-0.3, -0.25) is 9.59 Å². The molecule has 1 rings (SSSR count). The van der Waals surface area contributed by atoms with Crippen LogP contribution in [0, 0.1) is 0 Å². The van der Waals surface area contributed by atoms with E-state index in [0.717, 1.165) is 12.8 Å². The van der Waals surface area contributed by atoms with Crippen LogP contribution in [0.2, 0.25) is 0 Å². The first kappa shape index (κ1) is 16.0. The minimum atomic E-state index is -0.271. The molecule has 110 valence electrons. The smallest absolute Gasteiger partial charge is 0.251 e. The van der Waals surface area contributed by atoms with Gasteiger partial charge in [-0.25, -0.2) is 0 Å². The van der Waals surface area contributed by atoms with Gasteiger partial charge in [-0.15, -0.1) is 0 Å². The van der Waals surface area contributed by atoms with Crippen LogP contribution in [0.25, 0.3) is 0 Å². The second-order valence-corrected chi connectivity index (χ2v) is 4.49. The number of ether oxygens (including phenoxy) is 1. The Balaban J connectivity index is 2.44. The molecule has 0 radical (unpaired) electrons. The number of rotatable bonds is 7. The van der Waals surface area contributed by atoms with Crippen molar-refractivity contribution in [1.82, 2.24) is 10.6 Å². The molecule has 0 saturated carbocycles. The second kappa shape index (κ2) is 8.19. The summed E-state index contributed by atoms with van der Waals surface area (Å²) in [5.74, 6) is 0.251. The molecule has 0 spiro atoms.